The quantitative estimate of drug-likeness (QED) is 0.280. The van der Waals surface area contributed by atoms with E-state index in [4.69, 9.17) is 5.11 Å². The van der Waals surface area contributed by atoms with E-state index >= 15 is 0 Å². The van der Waals surface area contributed by atoms with Gasteiger partial charge in [0.25, 0.3) is 11.5 Å². The molecule has 9 nitrogen and oxygen atoms in total. The topological polar surface area (TPSA) is 144 Å². The van der Waals surface area contributed by atoms with Gasteiger partial charge >= 0.3 is 5.97 Å². The van der Waals surface area contributed by atoms with Gasteiger partial charge in [0.15, 0.2) is 0 Å². The third-order valence-corrected chi connectivity index (χ3v) is 4.64. The highest BCUT2D eigenvalue weighted by molar-refractivity contribution is 6.07. The van der Waals surface area contributed by atoms with Crippen molar-refractivity contribution in [2.75, 3.05) is 30.8 Å². The summed E-state index contributed by atoms with van der Waals surface area (Å²) in [7, 11) is 1.58. The highest BCUT2D eigenvalue weighted by Gasteiger charge is 2.17. The Hall–Kier alpha value is -3.47. The van der Waals surface area contributed by atoms with Gasteiger partial charge in [-0.15, -0.1) is 12.4 Å². The number of carbonyl (C=O) groups is 2. The Morgan fingerprint density at radius 3 is 2.53 bits per heavy atom. The van der Waals surface area contributed by atoms with Crippen molar-refractivity contribution in [3.8, 4) is 0 Å². The molecule has 0 saturated carbocycles. The molecule has 0 aliphatic rings. The lowest BCUT2D eigenvalue weighted by atomic mass is 10.1. The fourth-order valence-electron chi connectivity index (χ4n) is 3.14. The minimum atomic E-state index is -1.13. The molecule has 0 atom stereocenters. The zero-order valence-corrected chi connectivity index (χ0v) is 17.8. The van der Waals surface area contributed by atoms with E-state index in [1.165, 1.54) is 36.4 Å². The monoisotopic (exact) mass is 464 g/mol. The lowest BCUT2D eigenvalue weighted by Crippen LogP contribution is -2.25. The Labute approximate surface area is 188 Å². The van der Waals surface area contributed by atoms with E-state index in [-0.39, 0.29) is 43.2 Å². The SMILES string of the molecule is CNc1cc(F)cc2cc(C(=O)Nc3ccc(C(=O)O)cc3CNCCO)c(=O)[nH]c12.Cl. The standard InChI is InChI=1S/C21H21FN4O5.ClH/c1-23-17-9-14(22)7-12-8-15(20(29)26-18(12)17)19(28)25-16-3-2-11(21(30)31)6-13(16)10-24-4-5-27;/h2-3,6-9,23-24,27H,4-5,10H2,1H3,(H,25,28)(H,26,29)(H,30,31);1H. The average molecular weight is 465 g/mol. The molecule has 1 amide bonds. The number of hydrogen-bond donors (Lipinski definition) is 6. The van der Waals surface area contributed by atoms with Crippen LogP contribution in [0.15, 0.2) is 41.2 Å². The summed E-state index contributed by atoms with van der Waals surface area (Å²) in [5, 5.41) is 26.8. The second-order valence-corrected chi connectivity index (χ2v) is 6.71. The lowest BCUT2D eigenvalue weighted by molar-refractivity contribution is 0.0696. The van der Waals surface area contributed by atoms with E-state index in [0.29, 0.717) is 27.8 Å². The van der Waals surface area contributed by atoms with Gasteiger partial charge in [-0.3, -0.25) is 9.59 Å². The van der Waals surface area contributed by atoms with Crippen LogP contribution in [-0.2, 0) is 6.54 Å². The number of H-pyrrole nitrogens is 1. The van der Waals surface area contributed by atoms with Crippen LogP contribution in [-0.4, -0.2) is 47.3 Å². The number of fused-ring (bicyclic) bond motifs is 1. The highest BCUT2D eigenvalue weighted by Crippen LogP contribution is 2.23. The first-order valence-electron chi connectivity index (χ1n) is 9.37. The van der Waals surface area contributed by atoms with Gasteiger partial charge < -0.3 is 31.1 Å². The number of aromatic carboxylic acids is 1. The molecule has 6 N–H and O–H groups in total. The Bertz CT molecular complexity index is 1210. The third kappa shape index (κ3) is 5.41. The number of hydrogen-bond acceptors (Lipinski definition) is 6. The molecule has 0 fully saturated rings. The molecule has 0 spiro atoms. The maximum absolute atomic E-state index is 13.9. The molecule has 32 heavy (non-hydrogen) atoms. The van der Waals surface area contributed by atoms with Gasteiger partial charge in [-0.2, -0.15) is 0 Å². The van der Waals surface area contributed by atoms with E-state index in [1.54, 1.807) is 7.05 Å². The molecular formula is C21H22ClFN4O5. The van der Waals surface area contributed by atoms with Gasteiger partial charge in [-0.1, -0.05) is 0 Å². The molecule has 0 unspecified atom stereocenters. The van der Waals surface area contributed by atoms with Crippen LogP contribution < -0.4 is 21.5 Å². The number of carboxylic acid groups (broad SMARTS) is 1. The average Bonchev–Trinajstić information content (AvgIpc) is 2.74. The molecule has 0 aliphatic carbocycles. The molecule has 0 aliphatic heterocycles. The number of rotatable bonds is 8. The first-order valence-corrected chi connectivity index (χ1v) is 9.37. The Morgan fingerprint density at radius 2 is 1.88 bits per heavy atom. The smallest absolute Gasteiger partial charge is 0.335 e. The number of aliphatic hydroxyl groups is 1. The van der Waals surface area contributed by atoms with Crippen LogP contribution in [0.4, 0.5) is 15.8 Å². The molecule has 0 saturated heterocycles. The summed E-state index contributed by atoms with van der Waals surface area (Å²) < 4.78 is 13.9. The number of pyridine rings is 1. The summed E-state index contributed by atoms with van der Waals surface area (Å²) in [5.74, 6) is -2.39. The Morgan fingerprint density at radius 1 is 1.12 bits per heavy atom. The number of nitrogens with one attached hydrogen (secondary N) is 4. The molecule has 0 bridgehead atoms. The largest absolute Gasteiger partial charge is 0.478 e. The minimum absolute atomic E-state index is 0. The maximum Gasteiger partial charge on any atom is 0.335 e. The highest BCUT2D eigenvalue weighted by atomic mass is 35.5. The van der Waals surface area contributed by atoms with Crippen LogP contribution >= 0.6 is 12.4 Å². The second kappa shape index (κ2) is 10.7. The van der Waals surface area contributed by atoms with Crippen LogP contribution in [0.2, 0.25) is 0 Å². The predicted molar refractivity (Wildman–Crippen MR) is 121 cm³/mol. The molecular weight excluding hydrogens is 443 g/mol. The van der Waals surface area contributed by atoms with Gasteiger partial charge in [-0.25, -0.2) is 9.18 Å². The molecule has 170 valence electrons. The maximum atomic E-state index is 13.9. The first kappa shape index (κ1) is 24.8. The summed E-state index contributed by atoms with van der Waals surface area (Å²) in [6, 6.07) is 7.87. The summed E-state index contributed by atoms with van der Waals surface area (Å²) in [6.07, 6.45) is 0. The molecule has 1 aromatic heterocycles. The number of amides is 1. The van der Waals surface area contributed by atoms with Crippen LogP contribution in [0, 0.1) is 5.82 Å². The van der Waals surface area contributed by atoms with Crippen molar-refractivity contribution in [1.82, 2.24) is 10.3 Å². The lowest BCUT2D eigenvalue weighted by Gasteiger charge is -2.13. The fraction of sp³-hybridized carbons (Fsp3) is 0.190. The van der Waals surface area contributed by atoms with Crippen molar-refractivity contribution in [3.05, 3.63) is 69.3 Å². The fourth-order valence-corrected chi connectivity index (χ4v) is 3.14. The first-order chi connectivity index (χ1) is 14.8. The van der Waals surface area contributed by atoms with E-state index in [0.717, 1.165) is 0 Å². The number of carbonyl (C=O) groups excluding carboxylic acids is 1. The van der Waals surface area contributed by atoms with E-state index in [1.807, 2.05) is 0 Å². The number of benzene rings is 2. The van der Waals surface area contributed by atoms with Gasteiger partial charge in [-0.05, 0) is 42.0 Å². The summed E-state index contributed by atoms with van der Waals surface area (Å²) in [4.78, 5) is 39.2. The Kier molecular flexibility index (Phi) is 8.30. The zero-order chi connectivity index (χ0) is 22.5. The summed E-state index contributed by atoms with van der Waals surface area (Å²) >= 11 is 0. The third-order valence-electron chi connectivity index (χ3n) is 4.64. The zero-order valence-electron chi connectivity index (χ0n) is 17.0. The molecule has 1 heterocycles. The van der Waals surface area contributed by atoms with Crippen LogP contribution in [0.3, 0.4) is 0 Å². The molecule has 0 radical (unpaired) electrons. The van der Waals surface area contributed by atoms with Crippen LogP contribution in [0.5, 0.6) is 0 Å². The predicted octanol–water partition coefficient (Wildman–Crippen LogP) is 2.16. The number of aliphatic hydroxyl groups excluding tert-OH is 1. The van der Waals surface area contributed by atoms with Crippen LogP contribution in [0.1, 0.15) is 26.3 Å². The number of halogens is 2. The normalized spacial score (nSPS) is 10.5. The van der Waals surface area contributed by atoms with Crippen LogP contribution in [0.25, 0.3) is 10.9 Å². The van der Waals surface area contributed by atoms with E-state index < -0.39 is 23.3 Å². The molecule has 3 aromatic rings. The van der Waals surface area contributed by atoms with Gasteiger partial charge in [0.1, 0.15) is 11.4 Å². The summed E-state index contributed by atoms with van der Waals surface area (Å²) in [5.41, 5.74) is 0.646. The van der Waals surface area contributed by atoms with Crippen molar-refractivity contribution in [2.24, 2.45) is 0 Å². The second-order valence-electron chi connectivity index (χ2n) is 6.71. The number of aromatic nitrogens is 1. The number of carboxylic acids is 1. The minimum Gasteiger partial charge on any atom is -0.478 e. The van der Waals surface area contributed by atoms with Crippen molar-refractivity contribution >= 4 is 46.6 Å². The van der Waals surface area contributed by atoms with E-state index in [9.17, 15) is 23.9 Å². The van der Waals surface area contributed by atoms with Gasteiger partial charge in [0.05, 0.1) is 23.4 Å². The molecule has 2 aromatic carbocycles. The molecule has 11 heteroatoms. The van der Waals surface area contributed by atoms with Crippen molar-refractivity contribution in [2.45, 2.75) is 6.54 Å². The van der Waals surface area contributed by atoms with Crippen molar-refractivity contribution < 1.29 is 24.2 Å². The summed E-state index contributed by atoms with van der Waals surface area (Å²) in [6.45, 7) is 0.342. The number of anilines is 2. The van der Waals surface area contributed by atoms with Crippen molar-refractivity contribution in [3.63, 3.8) is 0 Å². The van der Waals surface area contributed by atoms with E-state index in [2.05, 4.69) is 20.9 Å². The number of aromatic amines is 1. The van der Waals surface area contributed by atoms with Gasteiger partial charge in [0, 0.05) is 31.2 Å². The van der Waals surface area contributed by atoms with Gasteiger partial charge in [0.2, 0.25) is 0 Å². The van der Waals surface area contributed by atoms with Crippen molar-refractivity contribution in [1.29, 1.82) is 0 Å². The molecule has 3 rings (SSSR count). The Balaban J connectivity index is 0.00000363.